The molecule has 0 aliphatic rings. The van der Waals surface area contributed by atoms with Crippen molar-refractivity contribution in [3.8, 4) is 0 Å². The second-order valence-corrected chi connectivity index (χ2v) is 3.86. The molecular formula is C13H10F2N2O2. The van der Waals surface area contributed by atoms with Crippen molar-refractivity contribution in [2.45, 2.75) is 6.54 Å². The summed E-state index contributed by atoms with van der Waals surface area (Å²) in [4.78, 5) is 10.2. The molecule has 0 bridgehead atoms. The van der Waals surface area contributed by atoms with Gasteiger partial charge in [0.05, 0.1) is 16.2 Å². The number of nitro benzene ring substituents is 1. The second kappa shape index (κ2) is 5.43. The van der Waals surface area contributed by atoms with Crippen LogP contribution >= 0.6 is 0 Å². The van der Waals surface area contributed by atoms with E-state index in [0.717, 1.165) is 18.2 Å². The molecule has 2 aromatic carbocycles. The Morgan fingerprint density at radius 1 is 1.16 bits per heavy atom. The Morgan fingerprint density at radius 3 is 2.58 bits per heavy atom. The number of anilines is 1. The van der Waals surface area contributed by atoms with Crippen molar-refractivity contribution >= 4 is 11.4 Å². The zero-order valence-corrected chi connectivity index (χ0v) is 9.77. The fourth-order valence-corrected chi connectivity index (χ4v) is 1.67. The number of para-hydroxylation sites is 1. The lowest BCUT2D eigenvalue weighted by Gasteiger charge is -2.08. The maximum Gasteiger partial charge on any atom is 0.274 e. The van der Waals surface area contributed by atoms with Crippen molar-refractivity contribution in [1.82, 2.24) is 0 Å². The average Bonchev–Trinajstić information content (AvgIpc) is 2.37. The molecule has 0 spiro atoms. The summed E-state index contributed by atoms with van der Waals surface area (Å²) in [6.07, 6.45) is 0. The lowest BCUT2D eigenvalue weighted by molar-refractivity contribution is -0.385. The number of hydrogen-bond donors (Lipinski definition) is 1. The van der Waals surface area contributed by atoms with Gasteiger partial charge in [0.25, 0.3) is 5.69 Å². The zero-order valence-electron chi connectivity index (χ0n) is 9.77. The van der Waals surface area contributed by atoms with Crippen molar-refractivity contribution in [2.24, 2.45) is 0 Å². The smallest absolute Gasteiger partial charge is 0.274 e. The first-order chi connectivity index (χ1) is 9.08. The van der Waals surface area contributed by atoms with Crippen LogP contribution in [0.25, 0.3) is 0 Å². The summed E-state index contributed by atoms with van der Waals surface area (Å²) in [7, 11) is 0. The van der Waals surface area contributed by atoms with Crippen LogP contribution in [0.1, 0.15) is 5.56 Å². The molecule has 0 aliphatic heterocycles. The molecular weight excluding hydrogens is 254 g/mol. The monoisotopic (exact) mass is 264 g/mol. The quantitative estimate of drug-likeness (QED) is 0.679. The second-order valence-electron chi connectivity index (χ2n) is 3.86. The Kier molecular flexibility index (Phi) is 3.70. The molecule has 6 heteroatoms. The average molecular weight is 264 g/mol. The molecule has 0 amide bonds. The number of nitrogens with one attached hydrogen (secondary N) is 1. The predicted molar refractivity (Wildman–Crippen MR) is 66.8 cm³/mol. The molecule has 0 atom stereocenters. The minimum atomic E-state index is -0.599. The number of halogens is 2. The summed E-state index contributed by atoms with van der Waals surface area (Å²) < 4.78 is 26.5. The van der Waals surface area contributed by atoms with Gasteiger partial charge in [0.2, 0.25) is 0 Å². The molecule has 19 heavy (non-hydrogen) atoms. The molecule has 4 nitrogen and oxygen atoms in total. The molecule has 0 saturated heterocycles. The molecule has 0 unspecified atom stereocenters. The van der Waals surface area contributed by atoms with Gasteiger partial charge in [-0.15, -0.1) is 0 Å². The highest BCUT2D eigenvalue weighted by Gasteiger charge is 2.14. The lowest BCUT2D eigenvalue weighted by Crippen LogP contribution is -2.04. The Balaban J connectivity index is 2.22. The van der Waals surface area contributed by atoms with Gasteiger partial charge in [-0.2, -0.15) is 0 Å². The number of nitro groups is 1. The van der Waals surface area contributed by atoms with Gasteiger partial charge in [-0.1, -0.05) is 12.1 Å². The summed E-state index contributed by atoms with van der Waals surface area (Å²) >= 11 is 0. The van der Waals surface area contributed by atoms with Crippen LogP contribution in [0.15, 0.2) is 42.5 Å². The van der Waals surface area contributed by atoms with Gasteiger partial charge in [-0.25, -0.2) is 8.78 Å². The molecule has 2 rings (SSSR count). The lowest BCUT2D eigenvalue weighted by atomic mass is 10.1. The number of benzene rings is 2. The molecule has 0 radical (unpaired) electrons. The zero-order chi connectivity index (χ0) is 13.8. The minimum absolute atomic E-state index is 0.0327. The van der Waals surface area contributed by atoms with E-state index in [2.05, 4.69) is 5.32 Å². The molecule has 0 aromatic heterocycles. The third kappa shape index (κ3) is 3.04. The minimum Gasteiger partial charge on any atom is -0.378 e. The summed E-state index contributed by atoms with van der Waals surface area (Å²) in [6.45, 7) is -0.0327. The third-order valence-corrected chi connectivity index (χ3v) is 2.58. The Morgan fingerprint density at radius 2 is 1.89 bits per heavy atom. The van der Waals surface area contributed by atoms with Crippen LogP contribution in [0.3, 0.4) is 0 Å². The van der Waals surface area contributed by atoms with Crippen molar-refractivity contribution in [3.63, 3.8) is 0 Å². The van der Waals surface area contributed by atoms with Crippen LogP contribution < -0.4 is 5.32 Å². The van der Waals surface area contributed by atoms with Crippen LogP contribution in [0.2, 0.25) is 0 Å². The summed E-state index contributed by atoms with van der Waals surface area (Å²) in [5.41, 5.74) is 0.166. The van der Waals surface area contributed by atoms with Crippen molar-refractivity contribution in [3.05, 3.63) is 69.8 Å². The van der Waals surface area contributed by atoms with Crippen molar-refractivity contribution in [1.29, 1.82) is 0 Å². The van der Waals surface area contributed by atoms with Crippen LogP contribution in [-0.2, 0) is 6.54 Å². The van der Waals surface area contributed by atoms with E-state index in [4.69, 9.17) is 0 Å². The van der Waals surface area contributed by atoms with E-state index in [-0.39, 0.29) is 23.5 Å². The van der Waals surface area contributed by atoms with E-state index in [1.165, 1.54) is 18.2 Å². The summed E-state index contributed by atoms with van der Waals surface area (Å²) in [5.74, 6) is -1.04. The maximum atomic E-state index is 13.4. The van der Waals surface area contributed by atoms with E-state index < -0.39 is 16.6 Å². The fourth-order valence-electron chi connectivity index (χ4n) is 1.67. The van der Waals surface area contributed by atoms with Gasteiger partial charge in [-0.3, -0.25) is 10.1 Å². The van der Waals surface area contributed by atoms with Crippen molar-refractivity contribution in [2.75, 3.05) is 5.32 Å². The standard InChI is InChI=1S/C13H10F2N2O2/c14-10-5-6-13(17(18)19)9(7-10)8-16-12-4-2-1-3-11(12)15/h1-7,16H,8H2. The van der Waals surface area contributed by atoms with Crippen LogP contribution in [0, 0.1) is 21.7 Å². The predicted octanol–water partition coefficient (Wildman–Crippen LogP) is 3.49. The van der Waals surface area contributed by atoms with Gasteiger partial charge >= 0.3 is 0 Å². The molecule has 0 saturated carbocycles. The van der Waals surface area contributed by atoms with Gasteiger partial charge in [-0.05, 0) is 24.3 Å². The Bertz CT molecular complexity index is 617. The van der Waals surface area contributed by atoms with Gasteiger partial charge in [0.1, 0.15) is 11.6 Å². The molecule has 1 N–H and O–H groups in total. The third-order valence-electron chi connectivity index (χ3n) is 2.58. The van der Waals surface area contributed by atoms with E-state index in [1.54, 1.807) is 6.07 Å². The maximum absolute atomic E-state index is 13.4. The van der Waals surface area contributed by atoms with Crippen molar-refractivity contribution < 1.29 is 13.7 Å². The highest BCUT2D eigenvalue weighted by molar-refractivity contribution is 5.48. The topological polar surface area (TPSA) is 55.2 Å². The van der Waals surface area contributed by atoms with Crippen LogP contribution in [-0.4, -0.2) is 4.92 Å². The van der Waals surface area contributed by atoms with Gasteiger partial charge in [0.15, 0.2) is 0 Å². The SMILES string of the molecule is O=[N+]([O-])c1ccc(F)cc1CNc1ccccc1F. The largest absolute Gasteiger partial charge is 0.378 e. The normalized spacial score (nSPS) is 10.2. The molecule has 2 aromatic rings. The first kappa shape index (κ1) is 12.9. The van der Waals surface area contributed by atoms with E-state index in [9.17, 15) is 18.9 Å². The first-order valence-corrected chi connectivity index (χ1v) is 5.49. The van der Waals surface area contributed by atoms with Gasteiger partial charge < -0.3 is 5.32 Å². The highest BCUT2D eigenvalue weighted by atomic mass is 19.1. The van der Waals surface area contributed by atoms with Crippen LogP contribution in [0.4, 0.5) is 20.2 Å². The van der Waals surface area contributed by atoms with Crippen LogP contribution in [0.5, 0.6) is 0 Å². The molecule has 0 aliphatic carbocycles. The molecule has 98 valence electrons. The van der Waals surface area contributed by atoms with E-state index in [0.29, 0.717) is 0 Å². The first-order valence-electron chi connectivity index (χ1n) is 5.49. The van der Waals surface area contributed by atoms with E-state index >= 15 is 0 Å². The van der Waals surface area contributed by atoms with Gasteiger partial charge in [0, 0.05) is 12.6 Å². The number of rotatable bonds is 4. The molecule has 0 fully saturated rings. The summed E-state index contributed by atoms with van der Waals surface area (Å²) in [5, 5.41) is 13.5. The number of hydrogen-bond acceptors (Lipinski definition) is 3. The fraction of sp³-hybridized carbons (Fsp3) is 0.0769. The Labute approximate surface area is 107 Å². The highest BCUT2D eigenvalue weighted by Crippen LogP contribution is 2.21. The summed E-state index contributed by atoms with van der Waals surface area (Å²) in [6, 6.07) is 9.10. The Hall–Kier alpha value is -2.50. The van der Waals surface area contributed by atoms with E-state index in [1.807, 2.05) is 0 Å². The molecule has 0 heterocycles. The number of nitrogens with zero attached hydrogens (tertiary/aromatic N) is 1.